The van der Waals surface area contributed by atoms with Crippen LogP contribution in [0, 0.1) is 6.92 Å². The Morgan fingerprint density at radius 2 is 2.00 bits per heavy atom. The molecule has 0 unspecified atom stereocenters. The first kappa shape index (κ1) is 15.0. The third-order valence-electron chi connectivity index (χ3n) is 4.27. The van der Waals surface area contributed by atoms with Crippen molar-refractivity contribution >= 4 is 0 Å². The molecule has 0 saturated carbocycles. The molecule has 3 rings (SSSR count). The summed E-state index contributed by atoms with van der Waals surface area (Å²) >= 11 is 0. The fourth-order valence-corrected chi connectivity index (χ4v) is 3.00. The van der Waals surface area contributed by atoms with Crippen molar-refractivity contribution in [2.75, 3.05) is 6.54 Å². The summed E-state index contributed by atoms with van der Waals surface area (Å²) in [4.78, 5) is 1.36. The highest BCUT2D eigenvalue weighted by Crippen LogP contribution is 2.47. The molecule has 0 amide bonds. The molecule has 1 aliphatic rings. The minimum absolute atomic E-state index is 0.0226. The molecule has 0 spiro atoms. The van der Waals surface area contributed by atoms with Crippen molar-refractivity contribution < 1.29 is 17.6 Å². The maximum Gasteiger partial charge on any atom is 0.410 e. The lowest BCUT2D eigenvalue weighted by Gasteiger charge is -2.46. The SMILES string of the molecule is Cc1nnc(CN2CCc3ccccc3[C@@]2(C)C(F)(F)F)o1. The Hall–Kier alpha value is -1.89. The molecule has 0 fully saturated rings. The minimum atomic E-state index is -4.40. The van der Waals surface area contributed by atoms with Crippen molar-refractivity contribution in [3.8, 4) is 0 Å². The summed E-state index contributed by atoms with van der Waals surface area (Å²) in [6.07, 6.45) is -3.84. The van der Waals surface area contributed by atoms with Crippen LogP contribution in [-0.2, 0) is 18.5 Å². The zero-order valence-corrected chi connectivity index (χ0v) is 12.3. The van der Waals surface area contributed by atoms with Crippen LogP contribution in [0.3, 0.4) is 0 Å². The molecule has 1 aliphatic heterocycles. The van der Waals surface area contributed by atoms with E-state index in [0.29, 0.717) is 17.9 Å². The number of halogens is 3. The number of fused-ring (bicyclic) bond motifs is 1. The van der Waals surface area contributed by atoms with Crippen molar-refractivity contribution in [1.29, 1.82) is 0 Å². The number of benzene rings is 1. The molecule has 4 nitrogen and oxygen atoms in total. The molecule has 22 heavy (non-hydrogen) atoms. The van der Waals surface area contributed by atoms with E-state index in [1.165, 1.54) is 11.8 Å². The highest BCUT2D eigenvalue weighted by atomic mass is 19.4. The molecular formula is C15H16F3N3O. The van der Waals surface area contributed by atoms with Gasteiger partial charge in [-0.1, -0.05) is 24.3 Å². The van der Waals surface area contributed by atoms with E-state index in [2.05, 4.69) is 10.2 Å². The van der Waals surface area contributed by atoms with Crippen LogP contribution in [-0.4, -0.2) is 27.8 Å². The van der Waals surface area contributed by atoms with E-state index in [4.69, 9.17) is 4.42 Å². The van der Waals surface area contributed by atoms with Crippen LogP contribution >= 0.6 is 0 Å². The topological polar surface area (TPSA) is 42.2 Å². The summed E-state index contributed by atoms with van der Waals surface area (Å²) < 4.78 is 46.8. The van der Waals surface area contributed by atoms with Gasteiger partial charge in [0.05, 0.1) is 6.54 Å². The predicted molar refractivity (Wildman–Crippen MR) is 73.0 cm³/mol. The van der Waals surface area contributed by atoms with Crippen molar-refractivity contribution in [2.24, 2.45) is 0 Å². The molecule has 0 saturated heterocycles. The molecule has 2 aromatic rings. The first-order valence-corrected chi connectivity index (χ1v) is 7.01. The van der Waals surface area contributed by atoms with E-state index >= 15 is 0 Å². The third kappa shape index (κ3) is 2.29. The number of hydrogen-bond acceptors (Lipinski definition) is 4. The van der Waals surface area contributed by atoms with Crippen molar-refractivity contribution in [2.45, 2.75) is 38.5 Å². The van der Waals surface area contributed by atoms with E-state index in [-0.39, 0.29) is 19.0 Å². The van der Waals surface area contributed by atoms with E-state index in [1.807, 2.05) is 0 Å². The molecular weight excluding hydrogens is 295 g/mol. The Kier molecular flexibility index (Phi) is 3.47. The number of aromatic nitrogens is 2. The smallest absolute Gasteiger partial charge is 0.410 e. The van der Waals surface area contributed by atoms with Gasteiger partial charge < -0.3 is 4.42 Å². The first-order chi connectivity index (χ1) is 10.3. The number of hydrogen-bond donors (Lipinski definition) is 0. The zero-order chi connectivity index (χ0) is 16.0. The second-order valence-corrected chi connectivity index (χ2v) is 5.61. The lowest BCUT2D eigenvalue weighted by Crippen LogP contribution is -2.57. The van der Waals surface area contributed by atoms with Crippen molar-refractivity contribution in [3.63, 3.8) is 0 Å². The zero-order valence-electron chi connectivity index (χ0n) is 12.3. The van der Waals surface area contributed by atoms with Crippen molar-refractivity contribution in [3.05, 3.63) is 47.2 Å². The van der Waals surface area contributed by atoms with Gasteiger partial charge in [0.2, 0.25) is 11.8 Å². The van der Waals surface area contributed by atoms with Crippen LogP contribution in [0.4, 0.5) is 13.2 Å². The van der Waals surface area contributed by atoms with Crippen LogP contribution < -0.4 is 0 Å². The average molecular weight is 311 g/mol. The van der Waals surface area contributed by atoms with Gasteiger partial charge in [-0.2, -0.15) is 13.2 Å². The van der Waals surface area contributed by atoms with E-state index in [1.54, 1.807) is 31.2 Å². The van der Waals surface area contributed by atoms with Crippen LogP contribution in [0.15, 0.2) is 28.7 Å². The number of aryl methyl sites for hydroxylation is 1. The fraction of sp³-hybridized carbons (Fsp3) is 0.467. The predicted octanol–water partition coefficient (Wildman–Crippen LogP) is 3.21. The third-order valence-corrected chi connectivity index (χ3v) is 4.27. The van der Waals surface area contributed by atoms with Gasteiger partial charge in [-0.15, -0.1) is 10.2 Å². The molecule has 1 atom stereocenters. The Labute approximate surface area is 125 Å². The number of rotatable bonds is 2. The van der Waals surface area contributed by atoms with E-state index in [9.17, 15) is 13.2 Å². The molecule has 0 aliphatic carbocycles. The van der Waals surface area contributed by atoms with Gasteiger partial charge in [0.15, 0.2) is 0 Å². The quantitative estimate of drug-likeness (QED) is 0.854. The van der Waals surface area contributed by atoms with Gasteiger partial charge in [0.25, 0.3) is 0 Å². The number of alkyl halides is 3. The Balaban J connectivity index is 2.03. The normalized spacial score (nSPS) is 22.6. The van der Waals surface area contributed by atoms with Crippen LogP contribution in [0.25, 0.3) is 0 Å². The van der Waals surface area contributed by atoms with Gasteiger partial charge in [-0.05, 0) is 24.5 Å². The lowest BCUT2D eigenvalue weighted by molar-refractivity contribution is -0.237. The largest absolute Gasteiger partial charge is 0.424 e. The lowest BCUT2D eigenvalue weighted by atomic mass is 9.81. The second-order valence-electron chi connectivity index (χ2n) is 5.61. The first-order valence-electron chi connectivity index (χ1n) is 7.01. The van der Waals surface area contributed by atoms with E-state index < -0.39 is 11.7 Å². The molecule has 0 bridgehead atoms. The van der Waals surface area contributed by atoms with Crippen LogP contribution in [0.2, 0.25) is 0 Å². The molecule has 118 valence electrons. The Morgan fingerprint density at radius 1 is 1.27 bits per heavy atom. The van der Waals surface area contributed by atoms with Gasteiger partial charge in [0, 0.05) is 13.5 Å². The highest BCUT2D eigenvalue weighted by molar-refractivity contribution is 5.37. The molecule has 0 N–H and O–H groups in total. The molecule has 7 heteroatoms. The Bertz CT molecular complexity index is 683. The molecule has 1 aromatic heterocycles. The van der Waals surface area contributed by atoms with Gasteiger partial charge in [-0.3, -0.25) is 4.90 Å². The standard InChI is InChI=1S/C15H16F3N3O/c1-10-19-20-13(22-10)9-21-8-7-11-5-3-4-6-12(11)14(21,2)15(16,17)18/h3-6H,7-9H2,1-2H3/t14-/m0/s1. The van der Waals surface area contributed by atoms with Gasteiger partial charge in [-0.25, -0.2) is 0 Å². The van der Waals surface area contributed by atoms with Crippen LogP contribution in [0.1, 0.15) is 29.8 Å². The number of nitrogens with zero attached hydrogens (tertiary/aromatic N) is 3. The summed E-state index contributed by atoms with van der Waals surface area (Å²) in [7, 11) is 0. The molecule has 0 radical (unpaired) electrons. The van der Waals surface area contributed by atoms with Crippen molar-refractivity contribution in [1.82, 2.24) is 15.1 Å². The summed E-state index contributed by atoms with van der Waals surface area (Å²) in [5, 5.41) is 7.50. The summed E-state index contributed by atoms with van der Waals surface area (Å²) in [6.45, 7) is 3.10. The summed E-state index contributed by atoms with van der Waals surface area (Å²) in [6, 6.07) is 6.72. The summed E-state index contributed by atoms with van der Waals surface area (Å²) in [5.74, 6) is 0.550. The maximum absolute atomic E-state index is 13.9. The highest BCUT2D eigenvalue weighted by Gasteiger charge is 2.58. The van der Waals surface area contributed by atoms with Gasteiger partial charge in [0.1, 0.15) is 5.54 Å². The minimum Gasteiger partial charge on any atom is -0.424 e. The average Bonchev–Trinajstić information content (AvgIpc) is 2.86. The van der Waals surface area contributed by atoms with Crippen LogP contribution in [0.5, 0.6) is 0 Å². The van der Waals surface area contributed by atoms with E-state index in [0.717, 1.165) is 5.56 Å². The fourth-order valence-electron chi connectivity index (χ4n) is 3.00. The monoisotopic (exact) mass is 311 g/mol. The molecule has 1 aromatic carbocycles. The maximum atomic E-state index is 13.9. The summed E-state index contributed by atoms with van der Waals surface area (Å²) in [5.41, 5.74) is -1.03. The van der Waals surface area contributed by atoms with Gasteiger partial charge >= 0.3 is 6.18 Å². The second kappa shape index (κ2) is 5.08. The Morgan fingerprint density at radius 3 is 2.64 bits per heavy atom. The molecule has 2 heterocycles.